The molecule has 4 N–H and O–H groups in total. The summed E-state index contributed by atoms with van der Waals surface area (Å²) in [6.45, 7) is 6.51. The monoisotopic (exact) mass is 815 g/mol. The standard InChI is InChI=1S/C39H50IN3O8/c1-23(2)29-10-9-24(3)15-33(29)50-22-36(46)43(13-11-28-18-26-7-5-6-8-31(26)42-28)32-19-27(39(48)41-12-14-44)20-34(37(32)47)51-38-30(40)16-25(21-45)17-35(38)49-4/h5-8,16-18,20-21,23-24,29,32-34,37,42,44,47H,9-15,19,22H2,1-4H3,(H,41,48). The van der Waals surface area contributed by atoms with Crippen molar-refractivity contribution in [2.75, 3.05) is 33.4 Å². The first-order chi connectivity index (χ1) is 24.5. The Balaban J connectivity index is 1.47. The minimum absolute atomic E-state index is 0.0431. The molecule has 276 valence electrons. The van der Waals surface area contributed by atoms with Crippen LogP contribution in [-0.2, 0) is 20.7 Å². The van der Waals surface area contributed by atoms with Gasteiger partial charge in [-0.15, -0.1) is 0 Å². The third kappa shape index (κ3) is 9.51. The first kappa shape index (κ1) is 38.8. The number of halogens is 1. The second-order valence-electron chi connectivity index (χ2n) is 14.1. The molecule has 2 amide bonds. The van der Waals surface area contributed by atoms with Crippen molar-refractivity contribution in [3.05, 3.63) is 68.9 Å². The van der Waals surface area contributed by atoms with Gasteiger partial charge in [0, 0.05) is 48.3 Å². The number of aldehydes is 1. The highest BCUT2D eigenvalue weighted by Gasteiger charge is 2.41. The molecule has 3 aromatic rings. The normalized spacial score (nSPS) is 23.5. The number of benzene rings is 2. The second-order valence-corrected chi connectivity index (χ2v) is 15.2. The summed E-state index contributed by atoms with van der Waals surface area (Å²) in [4.78, 5) is 44.4. The summed E-state index contributed by atoms with van der Waals surface area (Å²) in [5.74, 6) is 1.14. The Hall–Kier alpha value is -3.46. The number of ether oxygens (including phenoxy) is 3. The van der Waals surface area contributed by atoms with Crippen molar-refractivity contribution < 1.29 is 38.8 Å². The molecule has 6 atom stereocenters. The van der Waals surface area contributed by atoms with Crippen LogP contribution in [0.3, 0.4) is 0 Å². The van der Waals surface area contributed by atoms with Crippen LogP contribution in [0, 0.1) is 21.3 Å². The first-order valence-electron chi connectivity index (χ1n) is 17.8. The number of aliphatic hydroxyl groups excluding tert-OH is 2. The van der Waals surface area contributed by atoms with E-state index in [1.165, 1.54) is 7.11 Å². The SMILES string of the molecule is COc1cc(C=O)cc(I)c1OC1C=C(C(=O)NCCO)CC(N(CCc2cc3ccccc3[nH]2)C(=O)COC2CC(C)CCC2C(C)C)C1O. The van der Waals surface area contributed by atoms with Crippen LogP contribution in [0.4, 0.5) is 0 Å². The van der Waals surface area contributed by atoms with Crippen molar-refractivity contribution in [2.24, 2.45) is 17.8 Å². The van der Waals surface area contributed by atoms with Crippen molar-refractivity contribution in [2.45, 2.75) is 77.2 Å². The summed E-state index contributed by atoms with van der Waals surface area (Å²) >= 11 is 2.03. The molecule has 0 radical (unpaired) electrons. The zero-order valence-electron chi connectivity index (χ0n) is 29.8. The molecule has 2 aliphatic carbocycles. The molecule has 2 aliphatic rings. The fourth-order valence-electron chi connectivity index (χ4n) is 7.39. The largest absolute Gasteiger partial charge is 0.493 e. The van der Waals surface area contributed by atoms with E-state index in [-0.39, 0.29) is 44.7 Å². The second kappa shape index (κ2) is 17.8. The lowest BCUT2D eigenvalue weighted by molar-refractivity contribution is -0.148. The van der Waals surface area contributed by atoms with E-state index in [1.807, 2.05) is 46.9 Å². The average Bonchev–Trinajstić information content (AvgIpc) is 3.54. The predicted octanol–water partition coefficient (Wildman–Crippen LogP) is 5.06. The maximum absolute atomic E-state index is 14.4. The Morgan fingerprint density at radius 2 is 1.96 bits per heavy atom. The summed E-state index contributed by atoms with van der Waals surface area (Å²) in [7, 11) is 1.46. The number of aromatic nitrogens is 1. The summed E-state index contributed by atoms with van der Waals surface area (Å²) < 4.78 is 18.9. The van der Waals surface area contributed by atoms with Gasteiger partial charge in [-0.1, -0.05) is 45.4 Å². The molecule has 2 aromatic carbocycles. The van der Waals surface area contributed by atoms with Gasteiger partial charge in [-0.3, -0.25) is 14.4 Å². The number of nitrogens with one attached hydrogen (secondary N) is 2. The molecule has 11 nitrogen and oxygen atoms in total. The maximum Gasteiger partial charge on any atom is 0.248 e. The van der Waals surface area contributed by atoms with Gasteiger partial charge in [0.1, 0.15) is 25.1 Å². The molecule has 0 spiro atoms. The predicted molar refractivity (Wildman–Crippen MR) is 203 cm³/mol. The molecule has 0 aliphatic heterocycles. The lowest BCUT2D eigenvalue weighted by atomic mass is 9.75. The van der Waals surface area contributed by atoms with Crippen molar-refractivity contribution in [1.29, 1.82) is 0 Å². The zero-order valence-corrected chi connectivity index (χ0v) is 31.9. The van der Waals surface area contributed by atoms with Crippen LogP contribution >= 0.6 is 22.6 Å². The molecule has 12 heteroatoms. The Morgan fingerprint density at radius 1 is 1.18 bits per heavy atom. The number of amides is 2. The van der Waals surface area contributed by atoms with E-state index in [0.717, 1.165) is 35.9 Å². The van der Waals surface area contributed by atoms with Gasteiger partial charge in [0.05, 0.1) is 29.4 Å². The molecule has 5 rings (SSSR count). The minimum atomic E-state index is -1.24. The number of hydrogen-bond acceptors (Lipinski definition) is 8. The van der Waals surface area contributed by atoms with Crippen LogP contribution in [-0.4, -0.2) is 96.0 Å². The van der Waals surface area contributed by atoms with Gasteiger partial charge in [-0.2, -0.15) is 0 Å². The summed E-state index contributed by atoms with van der Waals surface area (Å²) in [5.41, 5.74) is 2.62. The van der Waals surface area contributed by atoms with Crippen LogP contribution in [0.1, 0.15) is 62.5 Å². The molecule has 1 fully saturated rings. The number of nitrogens with zero attached hydrogens (tertiary/aromatic N) is 1. The van der Waals surface area contributed by atoms with Crippen molar-refractivity contribution in [3.8, 4) is 11.5 Å². The quantitative estimate of drug-likeness (QED) is 0.123. The van der Waals surface area contributed by atoms with Crippen LogP contribution in [0.25, 0.3) is 10.9 Å². The Bertz CT molecular complexity index is 1670. The topological polar surface area (TPSA) is 150 Å². The zero-order chi connectivity index (χ0) is 36.7. The minimum Gasteiger partial charge on any atom is -0.493 e. The molecule has 1 saturated carbocycles. The van der Waals surface area contributed by atoms with E-state index < -0.39 is 24.2 Å². The molecule has 0 bridgehead atoms. The van der Waals surface area contributed by atoms with Gasteiger partial charge in [0.25, 0.3) is 0 Å². The molecular formula is C39H50IN3O8. The number of aliphatic hydroxyl groups is 2. The smallest absolute Gasteiger partial charge is 0.248 e. The molecule has 0 saturated heterocycles. The third-order valence-corrected chi connectivity index (χ3v) is 11.0. The Morgan fingerprint density at radius 3 is 2.67 bits per heavy atom. The van der Waals surface area contributed by atoms with Gasteiger partial charge >= 0.3 is 0 Å². The first-order valence-corrected chi connectivity index (χ1v) is 18.9. The lowest BCUT2D eigenvalue weighted by Crippen LogP contribution is -2.56. The van der Waals surface area contributed by atoms with Crippen LogP contribution in [0.5, 0.6) is 11.5 Å². The van der Waals surface area contributed by atoms with E-state index >= 15 is 0 Å². The van der Waals surface area contributed by atoms with E-state index in [9.17, 15) is 24.6 Å². The number of hydrogen-bond donors (Lipinski definition) is 4. The lowest BCUT2D eigenvalue weighted by Gasteiger charge is -2.41. The van der Waals surface area contributed by atoms with Gasteiger partial charge in [-0.05, 0) is 88.9 Å². The van der Waals surface area contributed by atoms with Gasteiger partial charge < -0.3 is 39.6 Å². The van der Waals surface area contributed by atoms with Gasteiger partial charge in [0.2, 0.25) is 11.8 Å². The summed E-state index contributed by atoms with van der Waals surface area (Å²) in [5, 5.41) is 25.2. The van der Waals surface area contributed by atoms with Crippen molar-refractivity contribution in [3.63, 3.8) is 0 Å². The van der Waals surface area contributed by atoms with E-state index in [4.69, 9.17) is 14.2 Å². The number of rotatable bonds is 15. The van der Waals surface area contributed by atoms with Crippen LogP contribution < -0.4 is 14.8 Å². The van der Waals surface area contributed by atoms with Crippen molar-refractivity contribution in [1.82, 2.24) is 15.2 Å². The fraction of sp³-hybridized carbons (Fsp3) is 0.513. The van der Waals surface area contributed by atoms with Gasteiger partial charge in [0.15, 0.2) is 11.5 Å². The van der Waals surface area contributed by atoms with E-state index in [0.29, 0.717) is 56.7 Å². The summed E-state index contributed by atoms with van der Waals surface area (Å²) in [6, 6.07) is 12.3. The molecule has 1 heterocycles. The fourth-order valence-corrected chi connectivity index (χ4v) is 8.14. The highest BCUT2D eigenvalue weighted by molar-refractivity contribution is 14.1. The number of carbonyl (C=O) groups is 3. The Labute approximate surface area is 313 Å². The van der Waals surface area contributed by atoms with Gasteiger partial charge in [-0.25, -0.2) is 0 Å². The number of fused-ring (bicyclic) bond motifs is 1. The van der Waals surface area contributed by atoms with Crippen molar-refractivity contribution >= 4 is 51.6 Å². The highest BCUT2D eigenvalue weighted by Crippen LogP contribution is 2.38. The number of aromatic amines is 1. The molecule has 51 heavy (non-hydrogen) atoms. The molecule has 1 aromatic heterocycles. The maximum atomic E-state index is 14.4. The number of carbonyl (C=O) groups excluding carboxylic acids is 3. The third-order valence-electron chi connectivity index (χ3n) is 10.2. The number of methoxy groups -OCH3 is 1. The summed E-state index contributed by atoms with van der Waals surface area (Å²) in [6.07, 6.45) is 3.52. The van der Waals surface area contributed by atoms with E-state index in [1.54, 1.807) is 23.1 Å². The number of H-pyrrole nitrogens is 1. The average molecular weight is 816 g/mol. The molecule has 6 unspecified atom stereocenters. The number of para-hydroxylation sites is 1. The Kier molecular flexibility index (Phi) is 13.6. The molecular weight excluding hydrogens is 765 g/mol. The highest BCUT2D eigenvalue weighted by atomic mass is 127. The van der Waals surface area contributed by atoms with E-state index in [2.05, 4.69) is 37.1 Å². The van der Waals surface area contributed by atoms with Crippen LogP contribution in [0.15, 0.2) is 54.1 Å². The van der Waals surface area contributed by atoms with Crippen LogP contribution in [0.2, 0.25) is 0 Å².